The van der Waals surface area contributed by atoms with E-state index >= 15 is 4.39 Å². The Morgan fingerprint density at radius 3 is 2.58 bits per heavy atom. The van der Waals surface area contributed by atoms with Crippen LogP contribution < -0.4 is 0 Å². The largest absolute Gasteiger partial charge is 0.481 e. The minimum atomic E-state index is -2.89. The maximum atomic E-state index is 15.2. The van der Waals surface area contributed by atoms with E-state index in [2.05, 4.69) is 21.5 Å². The van der Waals surface area contributed by atoms with Crippen LogP contribution in [0.5, 0.6) is 0 Å². The van der Waals surface area contributed by atoms with Crippen molar-refractivity contribution in [1.82, 2.24) is 9.97 Å². The summed E-state index contributed by atoms with van der Waals surface area (Å²) in [5.41, 5.74) is 0.171. The molecule has 0 unspecified atom stereocenters. The highest BCUT2D eigenvalue weighted by Crippen LogP contribution is 2.57. The average Bonchev–Trinajstić information content (AvgIpc) is 3.47. The number of carboxylic acids is 1. The lowest BCUT2D eigenvalue weighted by molar-refractivity contribution is -0.148. The van der Waals surface area contributed by atoms with E-state index in [1.807, 2.05) is 0 Å². The third-order valence-corrected chi connectivity index (χ3v) is 6.98. The second kappa shape index (κ2) is 9.26. The van der Waals surface area contributed by atoms with E-state index in [-0.39, 0.29) is 18.0 Å². The molecule has 0 radical (unpaired) electrons. The summed E-state index contributed by atoms with van der Waals surface area (Å²) in [6.07, 6.45) is 5.51. The van der Waals surface area contributed by atoms with Gasteiger partial charge in [0.15, 0.2) is 5.90 Å². The van der Waals surface area contributed by atoms with Crippen molar-refractivity contribution in [2.75, 3.05) is 6.61 Å². The number of aliphatic carboxylic acids is 1. The monoisotopic (exact) mass is 501 g/mol. The maximum absolute atomic E-state index is 15.2. The predicted molar refractivity (Wildman–Crippen MR) is 131 cm³/mol. The van der Waals surface area contributed by atoms with Gasteiger partial charge in [0.1, 0.15) is 18.2 Å². The van der Waals surface area contributed by atoms with Crippen molar-refractivity contribution in [3.05, 3.63) is 59.8 Å². The fraction of sp³-hybridized carbons (Fsp3) is 0.444. The van der Waals surface area contributed by atoms with Gasteiger partial charge in [0, 0.05) is 37.0 Å². The van der Waals surface area contributed by atoms with Crippen LogP contribution in [-0.4, -0.2) is 39.5 Å². The molecule has 2 aromatic rings. The molecule has 1 saturated carbocycles. The van der Waals surface area contributed by atoms with E-state index in [4.69, 9.17) is 4.74 Å². The highest BCUT2D eigenvalue weighted by molar-refractivity contribution is 5.84. The molecule has 1 aromatic carbocycles. The molecule has 2 aliphatic rings. The second-order valence-electron chi connectivity index (χ2n) is 10.3. The van der Waals surface area contributed by atoms with E-state index in [0.29, 0.717) is 54.8 Å². The smallest absolute Gasteiger partial charge is 0.312 e. The third-order valence-electron chi connectivity index (χ3n) is 6.98. The second-order valence-corrected chi connectivity index (χ2v) is 10.3. The van der Waals surface area contributed by atoms with Gasteiger partial charge in [0.2, 0.25) is 0 Å². The molecule has 0 saturated heterocycles. The summed E-state index contributed by atoms with van der Waals surface area (Å²) < 4.78 is 49.0. The minimum absolute atomic E-state index is 0.0228. The van der Waals surface area contributed by atoms with E-state index in [9.17, 15) is 18.7 Å². The van der Waals surface area contributed by atoms with E-state index in [0.717, 1.165) is 12.5 Å². The molecule has 36 heavy (non-hydrogen) atoms. The van der Waals surface area contributed by atoms with Crippen LogP contribution in [0.15, 0.2) is 47.7 Å². The van der Waals surface area contributed by atoms with Crippen LogP contribution in [0.4, 0.5) is 13.2 Å². The quantitative estimate of drug-likeness (QED) is 0.453. The Balaban J connectivity index is 1.58. The van der Waals surface area contributed by atoms with Gasteiger partial charge in [-0.1, -0.05) is 12.6 Å². The first-order valence-electron chi connectivity index (χ1n) is 11.9. The first-order valence-corrected chi connectivity index (χ1v) is 11.9. The van der Waals surface area contributed by atoms with Gasteiger partial charge in [0.25, 0.3) is 5.92 Å². The number of halogens is 3. The van der Waals surface area contributed by atoms with Crippen molar-refractivity contribution in [3.8, 4) is 11.4 Å². The number of hydrogen-bond donors (Lipinski definition) is 2. The van der Waals surface area contributed by atoms with Crippen molar-refractivity contribution in [1.29, 1.82) is 0 Å². The van der Waals surface area contributed by atoms with Gasteiger partial charge < -0.3 is 14.8 Å². The standard InChI is InChI=1S/C27H30F3N3O3/c1-16-6-5-7-22(36-15-25(2,3)24(34)35)31-13-19(16)17-8-9-18(20(28)12-17)23-32-14-21(33-23)27(10-11-27)26(4,29)30/h8-9,12-14H,1,5-7,10-11,15H2,2-4H3,(H,32,33)(H,34,35)/b19-13+,31-22?. The molecule has 0 bridgehead atoms. The van der Waals surface area contributed by atoms with Crippen LogP contribution in [0, 0.1) is 11.2 Å². The first kappa shape index (κ1) is 25.7. The van der Waals surface area contributed by atoms with Gasteiger partial charge in [-0.3, -0.25) is 4.79 Å². The number of alkyl halides is 2. The van der Waals surface area contributed by atoms with Crippen LogP contribution in [-0.2, 0) is 14.9 Å². The highest BCUT2D eigenvalue weighted by Gasteiger charge is 2.61. The molecule has 192 valence electrons. The molecule has 1 aliphatic carbocycles. The Bertz CT molecular complexity index is 1250. The molecular formula is C27H30F3N3O3. The molecule has 0 spiro atoms. The Morgan fingerprint density at radius 1 is 1.25 bits per heavy atom. The Morgan fingerprint density at radius 2 is 1.97 bits per heavy atom. The fourth-order valence-electron chi connectivity index (χ4n) is 4.24. The molecule has 0 atom stereocenters. The number of imidazole rings is 1. The van der Waals surface area contributed by atoms with Gasteiger partial charge in [-0.2, -0.15) is 0 Å². The number of ether oxygens (including phenoxy) is 1. The van der Waals surface area contributed by atoms with Crippen LogP contribution in [0.3, 0.4) is 0 Å². The summed E-state index contributed by atoms with van der Waals surface area (Å²) in [5.74, 6) is -3.80. The number of nitrogens with zero attached hydrogens (tertiary/aromatic N) is 2. The van der Waals surface area contributed by atoms with Crippen molar-refractivity contribution < 1.29 is 27.8 Å². The molecule has 2 N–H and O–H groups in total. The molecule has 6 nitrogen and oxygen atoms in total. The van der Waals surface area contributed by atoms with Gasteiger partial charge in [-0.05, 0) is 62.8 Å². The lowest BCUT2D eigenvalue weighted by Gasteiger charge is -2.21. The molecule has 1 aliphatic heterocycles. The Kier molecular flexibility index (Phi) is 6.62. The van der Waals surface area contributed by atoms with Crippen LogP contribution in [0.25, 0.3) is 17.0 Å². The van der Waals surface area contributed by atoms with Crippen molar-refractivity contribution in [2.24, 2.45) is 10.4 Å². The van der Waals surface area contributed by atoms with Crippen molar-refractivity contribution in [2.45, 2.75) is 64.2 Å². The number of aromatic nitrogens is 2. The average molecular weight is 502 g/mol. The summed E-state index contributed by atoms with van der Waals surface area (Å²) in [6.45, 7) is 8.14. The van der Waals surface area contributed by atoms with Gasteiger partial charge in [0.05, 0.1) is 16.4 Å². The fourth-order valence-corrected chi connectivity index (χ4v) is 4.24. The van der Waals surface area contributed by atoms with Crippen LogP contribution in [0.2, 0.25) is 0 Å². The number of benzene rings is 1. The highest BCUT2D eigenvalue weighted by atomic mass is 19.3. The molecule has 4 rings (SSSR count). The number of aromatic amines is 1. The number of carbonyl (C=O) groups is 1. The molecule has 1 aromatic heterocycles. The number of hydrogen-bond acceptors (Lipinski definition) is 4. The molecule has 0 amide bonds. The summed E-state index contributed by atoms with van der Waals surface area (Å²) in [7, 11) is 0. The van der Waals surface area contributed by atoms with Gasteiger partial charge >= 0.3 is 5.97 Å². The molecule has 9 heteroatoms. The predicted octanol–water partition coefficient (Wildman–Crippen LogP) is 6.51. The molecule has 2 heterocycles. The number of rotatable bonds is 7. The Labute approximate surface area is 208 Å². The number of carboxylic acid groups (broad SMARTS) is 1. The number of H-pyrrole nitrogens is 1. The minimum Gasteiger partial charge on any atom is -0.481 e. The Hall–Kier alpha value is -3.36. The number of allylic oxidation sites excluding steroid dienone is 2. The van der Waals surface area contributed by atoms with Gasteiger partial charge in [-0.15, -0.1) is 0 Å². The van der Waals surface area contributed by atoms with Crippen LogP contribution in [0.1, 0.15) is 64.1 Å². The topological polar surface area (TPSA) is 87.6 Å². The normalized spacial score (nSPS) is 19.6. The third kappa shape index (κ3) is 4.96. The zero-order valence-corrected chi connectivity index (χ0v) is 20.6. The first-order chi connectivity index (χ1) is 16.8. The van der Waals surface area contributed by atoms with E-state index in [1.54, 1.807) is 32.2 Å². The van der Waals surface area contributed by atoms with Gasteiger partial charge in [-0.25, -0.2) is 23.1 Å². The van der Waals surface area contributed by atoms with Crippen molar-refractivity contribution in [3.63, 3.8) is 0 Å². The summed E-state index contributed by atoms with van der Waals surface area (Å²) in [6, 6.07) is 4.62. The van der Waals surface area contributed by atoms with E-state index in [1.165, 1.54) is 12.3 Å². The number of nitrogens with one attached hydrogen (secondary N) is 1. The molecular weight excluding hydrogens is 471 g/mol. The summed E-state index contributed by atoms with van der Waals surface area (Å²) >= 11 is 0. The summed E-state index contributed by atoms with van der Waals surface area (Å²) in [5, 5.41) is 9.29. The lowest BCUT2D eigenvalue weighted by Crippen LogP contribution is -2.30. The number of aliphatic imine (C=N–C) groups is 1. The zero-order valence-electron chi connectivity index (χ0n) is 20.6. The lowest BCUT2D eigenvalue weighted by atomic mass is 9.94. The zero-order chi connectivity index (χ0) is 26.3. The van der Waals surface area contributed by atoms with Crippen molar-refractivity contribution >= 4 is 17.4 Å². The van der Waals surface area contributed by atoms with E-state index < -0.39 is 28.5 Å². The molecule has 1 fully saturated rings. The maximum Gasteiger partial charge on any atom is 0.312 e. The van der Waals surface area contributed by atoms with Crippen LogP contribution >= 0.6 is 0 Å². The SMILES string of the molecule is C=C1CCCC(OCC(C)(C)C(=O)O)=N/C=C\1c1ccc(-c2ncc(C3(C(C)(F)F)CC3)[nH]2)c(F)c1. The summed E-state index contributed by atoms with van der Waals surface area (Å²) in [4.78, 5) is 22.8.